The molecule has 1 N–H and O–H groups in total. The number of nitrogens with one attached hydrogen (secondary N) is 1. The summed E-state index contributed by atoms with van der Waals surface area (Å²) in [6.45, 7) is 20.1. The molecule has 1 fully saturated rings. The largest absolute Gasteiger partial charge is 0.376 e. The summed E-state index contributed by atoms with van der Waals surface area (Å²) in [5.41, 5.74) is 0.534. The first-order valence-electron chi connectivity index (χ1n) is 8.26. The molecule has 0 amide bonds. The first-order valence-corrected chi connectivity index (χ1v) is 8.26. The van der Waals surface area contributed by atoms with E-state index in [-0.39, 0.29) is 5.54 Å². The highest BCUT2D eigenvalue weighted by atomic mass is 16.5. The smallest absolute Gasteiger partial charge is 0.0674 e. The van der Waals surface area contributed by atoms with Gasteiger partial charge in [0.2, 0.25) is 0 Å². The zero-order valence-corrected chi connectivity index (χ0v) is 14.8. The molecule has 1 aliphatic heterocycles. The highest BCUT2D eigenvalue weighted by Gasteiger charge is 2.32. The van der Waals surface area contributed by atoms with Crippen molar-refractivity contribution >= 4 is 0 Å². The van der Waals surface area contributed by atoms with Crippen molar-refractivity contribution in [1.82, 2.24) is 10.2 Å². The monoisotopic (exact) mass is 284 g/mol. The maximum absolute atomic E-state index is 5.75. The van der Waals surface area contributed by atoms with Gasteiger partial charge in [-0.2, -0.15) is 0 Å². The maximum Gasteiger partial charge on any atom is 0.0674 e. The second kappa shape index (κ2) is 7.24. The molecular formula is C17H36N2O. The van der Waals surface area contributed by atoms with Crippen molar-refractivity contribution in [2.24, 2.45) is 5.41 Å². The van der Waals surface area contributed by atoms with Crippen LogP contribution in [-0.2, 0) is 4.74 Å². The molecule has 0 spiro atoms. The lowest BCUT2D eigenvalue weighted by molar-refractivity contribution is -0.0626. The molecule has 0 radical (unpaired) electrons. The molecular weight excluding hydrogens is 248 g/mol. The second-order valence-electron chi connectivity index (χ2n) is 8.09. The van der Waals surface area contributed by atoms with Gasteiger partial charge in [0.15, 0.2) is 0 Å². The second-order valence-corrected chi connectivity index (χ2v) is 8.09. The van der Waals surface area contributed by atoms with Gasteiger partial charge in [-0.05, 0) is 46.5 Å². The minimum atomic E-state index is 0.193. The standard InChI is InChI=1S/C17H36N2O/c1-8-9-17(7,12-18-16(4,5)6)13-19-10-15(3)20-11-14(19)2/h14-15,18H,8-13H2,1-7H3. The van der Waals surface area contributed by atoms with E-state index in [1.807, 2.05) is 0 Å². The van der Waals surface area contributed by atoms with Gasteiger partial charge in [-0.1, -0.05) is 20.3 Å². The van der Waals surface area contributed by atoms with Crippen LogP contribution in [0, 0.1) is 5.41 Å². The molecule has 3 nitrogen and oxygen atoms in total. The Morgan fingerprint density at radius 2 is 1.85 bits per heavy atom. The summed E-state index contributed by atoms with van der Waals surface area (Å²) in [6.07, 6.45) is 2.89. The van der Waals surface area contributed by atoms with Gasteiger partial charge in [-0.15, -0.1) is 0 Å². The van der Waals surface area contributed by atoms with Crippen molar-refractivity contribution in [2.45, 2.75) is 79.0 Å². The van der Waals surface area contributed by atoms with Crippen LogP contribution in [0.1, 0.15) is 61.3 Å². The third-order valence-electron chi connectivity index (χ3n) is 4.22. The van der Waals surface area contributed by atoms with E-state index in [9.17, 15) is 0 Å². The van der Waals surface area contributed by atoms with E-state index in [0.29, 0.717) is 17.6 Å². The zero-order chi connectivity index (χ0) is 15.4. The van der Waals surface area contributed by atoms with Crippen LogP contribution in [0.4, 0.5) is 0 Å². The third kappa shape index (κ3) is 6.11. The van der Waals surface area contributed by atoms with Gasteiger partial charge in [0.25, 0.3) is 0 Å². The van der Waals surface area contributed by atoms with E-state index < -0.39 is 0 Å². The van der Waals surface area contributed by atoms with Crippen LogP contribution >= 0.6 is 0 Å². The molecule has 3 atom stereocenters. The molecule has 0 saturated carbocycles. The van der Waals surface area contributed by atoms with E-state index >= 15 is 0 Å². The Morgan fingerprint density at radius 3 is 2.40 bits per heavy atom. The Hall–Kier alpha value is -0.120. The van der Waals surface area contributed by atoms with E-state index in [0.717, 1.165) is 19.7 Å². The van der Waals surface area contributed by atoms with E-state index in [1.54, 1.807) is 0 Å². The number of hydrogen-bond donors (Lipinski definition) is 1. The van der Waals surface area contributed by atoms with Crippen LogP contribution in [0.2, 0.25) is 0 Å². The van der Waals surface area contributed by atoms with Gasteiger partial charge in [0, 0.05) is 31.2 Å². The average molecular weight is 284 g/mol. The molecule has 1 aliphatic rings. The molecule has 20 heavy (non-hydrogen) atoms. The van der Waals surface area contributed by atoms with Crippen LogP contribution < -0.4 is 5.32 Å². The lowest BCUT2D eigenvalue weighted by Crippen LogP contribution is -2.54. The highest BCUT2D eigenvalue weighted by molar-refractivity contribution is 4.87. The number of ether oxygens (including phenoxy) is 1. The van der Waals surface area contributed by atoms with Crippen molar-refractivity contribution in [3.05, 3.63) is 0 Å². The fourth-order valence-corrected chi connectivity index (χ4v) is 2.99. The summed E-state index contributed by atoms with van der Waals surface area (Å²) in [5.74, 6) is 0. The molecule has 0 bridgehead atoms. The lowest BCUT2D eigenvalue weighted by Gasteiger charge is -2.43. The maximum atomic E-state index is 5.75. The van der Waals surface area contributed by atoms with Crippen LogP contribution in [0.15, 0.2) is 0 Å². The Morgan fingerprint density at radius 1 is 1.20 bits per heavy atom. The van der Waals surface area contributed by atoms with Gasteiger partial charge < -0.3 is 10.1 Å². The quantitative estimate of drug-likeness (QED) is 0.810. The predicted octanol–water partition coefficient (Wildman–Crippen LogP) is 3.29. The molecule has 1 heterocycles. The van der Waals surface area contributed by atoms with Gasteiger partial charge in [-0.25, -0.2) is 0 Å². The van der Waals surface area contributed by atoms with Crippen molar-refractivity contribution in [3.63, 3.8) is 0 Å². The highest BCUT2D eigenvalue weighted by Crippen LogP contribution is 2.27. The fourth-order valence-electron chi connectivity index (χ4n) is 2.99. The van der Waals surface area contributed by atoms with Gasteiger partial charge in [-0.3, -0.25) is 4.90 Å². The molecule has 120 valence electrons. The Labute approximate surface area is 126 Å². The SMILES string of the molecule is CCCC(C)(CNC(C)(C)C)CN1CC(C)OCC1C. The summed E-state index contributed by atoms with van der Waals surface area (Å²) in [7, 11) is 0. The van der Waals surface area contributed by atoms with Crippen LogP contribution in [-0.4, -0.2) is 48.8 Å². The minimum absolute atomic E-state index is 0.193. The topological polar surface area (TPSA) is 24.5 Å². The van der Waals surface area contributed by atoms with Crippen molar-refractivity contribution < 1.29 is 4.74 Å². The predicted molar refractivity (Wildman–Crippen MR) is 87.2 cm³/mol. The number of morpholine rings is 1. The van der Waals surface area contributed by atoms with E-state index in [4.69, 9.17) is 4.74 Å². The minimum Gasteiger partial charge on any atom is -0.376 e. The summed E-state index contributed by atoms with van der Waals surface area (Å²) >= 11 is 0. The molecule has 0 aromatic carbocycles. The zero-order valence-electron chi connectivity index (χ0n) is 14.8. The molecule has 3 heteroatoms. The Bertz CT molecular complexity index is 287. The van der Waals surface area contributed by atoms with Crippen molar-refractivity contribution in [3.8, 4) is 0 Å². The van der Waals surface area contributed by atoms with E-state index in [1.165, 1.54) is 19.4 Å². The van der Waals surface area contributed by atoms with E-state index in [2.05, 4.69) is 58.7 Å². The number of rotatable bonds is 6. The normalized spacial score (nSPS) is 28.4. The van der Waals surface area contributed by atoms with Crippen LogP contribution in [0.25, 0.3) is 0 Å². The Balaban J connectivity index is 2.64. The average Bonchev–Trinajstić information content (AvgIpc) is 2.31. The van der Waals surface area contributed by atoms with Gasteiger partial charge >= 0.3 is 0 Å². The van der Waals surface area contributed by atoms with Crippen LogP contribution in [0.3, 0.4) is 0 Å². The first-order chi connectivity index (χ1) is 9.15. The summed E-state index contributed by atoms with van der Waals surface area (Å²) < 4.78 is 5.75. The number of nitrogens with zero attached hydrogens (tertiary/aromatic N) is 1. The van der Waals surface area contributed by atoms with Crippen molar-refractivity contribution in [2.75, 3.05) is 26.2 Å². The summed E-state index contributed by atoms with van der Waals surface area (Å²) in [4.78, 5) is 2.62. The molecule has 0 aromatic rings. The Kier molecular flexibility index (Phi) is 6.49. The van der Waals surface area contributed by atoms with Crippen LogP contribution in [0.5, 0.6) is 0 Å². The summed E-state index contributed by atoms with van der Waals surface area (Å²) in [6, 6.07) is 0.539. The van der Waals surface area contributed by atoms with Gasteiger partial charge in [0.05, 0.1) is 12.7 Å². The molecule has 0 aromatic heterocycles. The number of hydrogen-bond acceptors (Lipinski definition) is 3. The first kappa shape index (κ1) is 17.9. The third-order valence-corrected chi connectivity index (χ3v) is 4.22. The molecule has 3 unspecified atom stereocenters. The van der Waals surface area contributed by atoms with Gasteiger partial charge in [0.1, 0.15) is 0 Å². The summed E-state index contributed by atoms with van der Waals surface area (Å²) in [5, 5.41) is 3.70. The fraction of sp³-hybridized carbons (Fsp3) is 1.00. The van der Waals surface area contributed by atoms with Crippen molar-refractivity contribution in [1.29, 1.82) is 0 Å². The molecule has 0 aliphatic carbocycles. The molecule has 1 rings (SSSR count). The molecule has 1 saturated heterocycles. The lowest BCUT2D eigenvalue weighted by atomic mass is 9.83.